The first kappa shape index (κ1) is 22.1. The van der Waals surface area contributed by atoms with E-state index in [1.54, 1.807) is 62.8 Å². The van der Waals surface area contributed by atoms with Crippen molar-refractivity contribution in [2.24, 2.45) is 0 Å². The van der Waals surface area contributed by atoms with Gasteiger partial charge in [-0.15, -0.1) is 0 Å². The molecule has 0 spiro atoms. The molecule has 1 heterocycles. The summed E-state index contributed by atoms with van der Waals surface area (Å²) in [5, 5.41) is 11.3. The van der Waals surface area contributed by atoms with Crippen LogP contribution in [-0.4, -0.2) is 31.0 Å². The van der Waals surface area contributed by atoms with Crippen molar-refractivity contribution in [3.63, 3.8) is 0 Å². The molecule has 3 aromatic carbocycles. The summed E-state index contributed by atoms with van der Waals surface area (Å²) in [4.78, 5) is 28.0. The smallest absolute Gasteiger partial charge is 0.300 e. The Labute approximate surface area is 192 Å². The Morgan fingerprint density at radius 3 is 2.09 bits per heavy atom. The molecule has 1 N–H and O–H groups in total. The topological polar surface area (TPSA) is 76.1 Å². The van der Waals surface area contributed by atoms with Gasteiger partial charge >= 0.3 is 0 Å². The molecular formula is C27H25NO5. The van der Waals surface area contributed by atoms with Gasteiger partial charge in [-0.05, 0) is 66.9 Å². The molecule has 0 saturated carbocycles. The Balaban J connectivity index is 1.96. The second-order valence-electron chi connectivity index (χ2n) is 7.91. The van der Waals surface area contributed by atoms with E-state index in [1.807, 2.05) is 32.0 Å². The van der Waals surface area contributed by atoms with Gasteiger partial charge in [0.05, 0.1) is 25.8 Å². The van der Waals surface area contributed by atoms with E-state index in [-0.39, 0.29) is 11.3 Å². The van der Waals surface area contributed by atoms with Gasteiger partial charge in [0.1, 0.15) is 17.3 Å². The fourth-order valence-electron chi connectivity index (χ4n) is 4.19. The molecule has 168 valence electrons. The molecule has 1 unspecified atom stereocenters. The average molecular weight is 443 g/mol. The van der Waals surface area contributed by atoms with E-state index in [2.05, 4.69) is 0 Å². The van der Waals surface area contributed by atoms with E-state index in [4.69, 9.17) is 9.47 Å². The monoisotopic (exact) mass is 443 g/mol. The fourth-order valence-corrected chi connectivity index (χ4v) is 4.19. The van der Waals surface area contributed by atoms with Crippen molar-refractivity contribution in [3.05, 3.63) is 94.6 Å². The molecule has 4 rings (SSSR count). The number of amides is 1. The van der Waals surface area contributed by atoms with Gasteiger partial charge in [-0.3, -0.25) is 14.5 Å². The predicted octanol–water partition coefficient (Wildman–Crippen LogP) is 4.95. The molecule has 33 heavy (non-hydrogen) atoms. The number of benzene rings is 3. The van der Waals surface area contributed by atoms with Gasteiger partial charge in [-0.1, -0.05) is 30.3 Å². The summed E-state index contributed by atoms with van der Waals surface area (Å²) in [6.07, 6.45) is 0. The molecule has 6 heteroatoms. The van der Waals surface area contributed by atoms with Gasteiger partial charge in [0.25, 0.3) is 11.7 Å². The van der Waals surface area contributed by atoms with Crippen molar-refractivity contribution >= 4 is 23.1 Å². The van der Waals surface area contributed by atoms with Crippen LogP contribution in [0.25, 0.3) is 5.76 Å². The summed E-state index contributed by atoms with van der Waals surface area (Å²) in [6, 6.07) is 18.9. The van der Waals surface area contributed by atoms with Gasteiger partial charge in [0.2, 0.25) is 0 Å². The summed E-state index contributed by atoms with van der Waals surface area (Å²) in [5.74, 6) is -0.344. The SMILES string of the molecule is COc1ccc(C2/C(=C(/O)c3ccc(OC)cc3C)C(=O)C(=O)N2c2ccccc2C)cc1. The number of aryl methyl sites for hydroxylation is 2. The number of ketones is 1. The highest BCUT2D eigenvalue weighted by atomic mass is 16.5. The predicted molar refractivity (Wildman–Crippen MR) is 127 cm³/mol. The summed E-state index contributed by atoms with van der Waals surface area (Å²) in [6.45, 7) is 3.70. The Morgan fingerprint density at radius 2 is 1.48 bits per heavy atom. The lowest BCUT2D eigenvalue weighted by Gasteiger charge is -2.27. The Hall–Kier alpha value is -4.06. The molecule has 0 aromatic heterocycles. The third kappa shape index (κ3) is 3.84. The van der Waals surface area contributed by atoms with Crippen LogP contribution in [0.4, 0.5) is 5.69 Å². The average Bonchev–Trinajstić information content (AvgIpc) is 3.09. The largest absolute Gasteiger partial charge is 0.507 e. The van der Waals surface area contributed by atoms with Gasteiger partial charge < -0.3 is 14.6 Å². The molecule has 0 radical (unpaired) electrons. The van der Waals surface area contributed by atoms with Crippen LogP contribution in [0.5, 0.6) is 11.5 Å². The quantitative estimate of drug-likeness (QED) is 0.343. The molecule has 3 aromatic rings. The minimum Gasteiger partial charge on any atom is -0.507 e. The first-order valence-electron chi connectivity index (χ1n) is 10.5. The van der Waals surface area contributed by atoms with Gasteiger partial charge in [-0.2, -0.15) is 0 Å². The highest BCUT2D eigenvalue weighted by molar-refractivity contribution is 6.51. The molecule has 1 atom stereocenters. The van der Waals surface area contributed by atoms with E-state index in [0.717, 1.165) is 11.1 Å². The molecule has 6 nitrogen and oxygen atoms in total. The van der Waals surface area contributed by atoms with Crippen molar-refractivity contribution in [3.8, 4) is 11.5 Å². The van der Waals surface area contributed by atoms with Crippen LogP contribution >= 0.6 is 0 Å². The lowest BCUT2D eigenvalue weighted by atomic mass is 9.93. The number of aliphatic hydroxyl groups excluding tert-OH is 1. The maximum Gasteiger partial charge on any atom is 0.300 e. The fraction of sp³-hybridized carbons (Fsp3) is 0.185. The van der Waals surface area contributed by atoms with Crippen LogP contribution in [0.2, 0.25) is 0 Å². The summed E-state index contributed by atoms with van der Waals surface area (Å²) in [5.41, 5.74) is 3.39. The van der Waals surface area contributed by atoms with E-state index in [1.165, 1.54) is 4.90 Å². The van der Waals surface area contributed by atoms with Crippen molar-refractivity contribution in [1.82, 2.24) is 0 Å². The highest BCUT2D eigenvalue weighted by Crippen LogP contribution is 2.43. The number of rotatable bonds is 5. The van der Waals surface area contributed by atoms with Crippen molar-refractivity contribution in [2.75, 3.05) is 19.1 Å². The maximum absolute atomic E-state index is 13.3. The van der Waals surface area contributed by atoms with Crippen LogP contribution in [0.1, 0.15) is 28.3 Å². The molecule has 0 aliphatic carbocycles. The number of hydrogen-bond acceptors (Lipinski definition) is 5. The normalized spacial score (nSPS) is 17.3. The molecule has 0 bridgehead atoms. The van der Waals surface area contributed by atoms with Crippen LogP contribution in [0, 0.1) is 13.8 Å². The summed E-state index contributed by atoms with van der Waals surface area (Å²) in [7, 11) is 3.13. The lowest BCUT2D eigenvalue weighted by molar-refractivity contribution is -0.132. The number of carbonyl (C=O) groups excluding carboxylic acids is 2. The number of Topliss-reactive ketones (excluding diaryl/α,β-unsaturated/α-hetero) is 1. The van der Waals surface area contributed by atoms with Crippen molar-refractivity contribution in [1.29, 1.82) is 0 Å². The molecule has 1 aliphatic rings. The van der Waals surface area contributed by atoms with Gasteiger partial charge in [-0.25, -0.2) is 0 Å². The number of hydrogen-bond donors (Lipinski definition) is 1. The van der Waals surface area contributed by atoms with Crippen molar-refractivity contribution in [2.45, 2.75) is 19.9 Å². The number of ether oxygens (including phenoxy) is 2. The van der Waals surface area contributed by atoms with Crippen LogP contribution in [0.15, 0.2) is 72.3 Å². The van der Waals surface area contributed by atoms with E-state index in [9.17, 15) is 14.7 Å². The first-order valence-corrected chi connectivity index (χ1v) is 10.5. The Bertz CT molecular complexity index is 1260. The first-order chi connectivity index (χ1) is 15.9. The third-order valence-electron chi connectivity index (χ3n) is 5.94. The van der Waals surface area contributed by atoms with Gasteiger partial charge in [0, 0.05) is 11.3 Å². The van der Waals surface area contributed by atoms with Gasteiger partial charge in [0.15, 0.2) is 0 Å². The summed E-state index contributed by atoms with van der Waals surface area (Å²) >= 11 is 0. The van der Waals surface area contributed by atoms with Crippen LogP contribution in [-0.2, 0) is 9.59 Å². The number of para-hydroxylation sites is 1. The maximum atomic E-state index is 13.3. The zero-order valence-corrected chi connectivity index (χ0v) is 19.0. The van der Waals surface area contributed by atoms with Crippen molar-refractivity contribution < 1.29 is 24.2 Å². The molecular weight excluding hydrogens is 418 g/mol. The number of methoxy groups -OCH3 is 2. The van der Waals surface area contributed by atoms with E-state index >= 15 is 0 Å². The van der Waals surface area contributed by atoms with Crippen LogP contribution < -0.4 is 14.4 Å². The minimum absolute atomic E-state index is 0.0432. The molecule has 1 saturated heterocycles. The summed E-state index contributed by atoms with van der Waals surface area (Å²) < 4.78 is 10.5. The van der Waals surface area contributed by atoms with E-state index in [0.29, 0.717) is 28.3 Å². The Kier molecular flexibility index (Phi) is 5.92. The minimum atomic E-state index is -0.793. The number of nitrogens with zero attached hydrogens (tertiary/aromatic N) is 1. The second kappa shape index (κ2) is 8.82. The van der Waals surface area contributed by atoms with Crippen LogP contribution in [0.3, 0.4) is 0 Å². The standard InChI is InChI=1S/C27H25NO5/c1-16-7-5-6-8-22(16)28-24(18-9-11-19(32-3)12-10-18)23(26(30)27(28)31)25(29)21-14-13-20(33-4)15-17(21)2/h5-15,24,29H,1-4H3/b25-23-. The zero-order valence-electron chi connectivity index (χ0n) is 19.0. The van der Waals surface area contributed by atoms with E-state index < -0.39 is 17.7 Å². The molecule has 1 fully saturated rings. The Morgan fingerprint density at radius 1 is 0.848 bits per heavy atom. The molecule has 1 amide bonds. The highest BCUT2D eigenvalue weighted by Gasteiger charge is 2.47. The number of anilines is 1. The zero-order chi connectivity index (χ0) is 23.7. The second-order valence-corrected chi connectivity index (χ2v) is 7.91. The molecule has 1 aliphatic heterocycles. The lowest BCUT2D eigenvalue weighted by Crippen LogP contribution is -2.30. The number of aliphatic hydroxyl groups is 1. The third-order valence-corrected chi connectivity index (χ3v) is 5.94. The number of carbonyl (C=O) groups is 2.